The molecule has 0 atom stereocenters. The molecule has 0 unspecified atom stereocenters. The molecule has 8 nitrogen and oxygen atoms in total. The number of nitrogens with one attached hydrogen (secondary N) is 1. The van der Waals surface area contributed by atoms with Gasteiger partial charge in [0.05, 0.1) is 11.9 Å². The van der Waals surface area contributed by atoms with Crippen molar-refractivity contribution in [2.45, 2.75) is 26.7 Å². The molecule has 3 rings (SSSR count). The van der Waals surface area contributed by atoms with Crippen molar-refractivity contribution >= 4 is 23.4 Å². The van der Waals surface area contributed by atoms with E-state index < -0.39 is 0 Å². The fourth-order valence-electron chi connectivity index (χ4n) is 2.85. The summed E-state index contributed by atoms with van der Waals surface area (Å²) in [6, 6.07) is 0. The highest BCUT2D eigenvalue weighted by Gasteiger charge is 2.21. The SMILES string of the molecule is Cc1noc(C)c1C(=O)Nc1cnc(N2CCCC2)nc1N(C)C. The van der Waals surface area contributed by atoms with Gasteiger partial charge in [-0.3, -0.25) is 4.79 Å². The second-order valence-corrected chi connectivity index (χ2v) is 6.15. The molecule has 0 radical (unpaired) electrons. The molecule has 1 aliphatic rings. The van der Waals surface area contributed by atoms with Gasteiger partial charge in [0, 0.05) is 27.2 Å². The van der Waals surface area contributed by atoms with E-state index in [1.165, 1.54) is 0 Å². The maximum absolute atomic E-state index is 12.5. The third-order valence-electron chi connectivity index (χ3n) is 4.08. The maximum atomic E-state index is 12.5. The smallest absolute Gasteiger partial charge is 0.261 e. The summed E-state index contributed by atoms with van der Waals surface area (Å²) in [5, 5.41) is 6.69. The number of hydrogen-bond donors (Lipinski definition) is 1. The van der Waals surface area contributed by atoms with Crippen LogP contribution in [0.25, 0.3) is 0 Å². The molecule has 0 aliphatic carbocycles. The lowest BCUT2D eigenvalue weighted by Gasteiger charge is -2.21. The second-order valence-electron chi connectivity index (χ2n) is 6.15. The van der Waals surface area contributed by atoms with E-state index in [4.69, 9.17) is 4.52 Å². The number of nitrogens with zero attached hydrogens (tertiary/aromatic N) is 5. The largest absolute Gasteiger partial charge is 0.361 e. The Morgan fingerprint density at radius 3 is 2.58 bits per heavy atom. The summed E-state index contributed by atoms with van der Waals surface area (Å²) in [6.07, 6.45) is 3.97. The highest BCUT2D eigenvalue weighted by Crippen LogP contribution is 2.26. The molecule has 1 saturated heterocycles. The Morgan fingerprint density at radius 2 is 2.00 bits per heavy atom. The van der Waals surface area contributed by atoms with Crippen molar-refractivity contribution in [1.82, 2.24) is 15.1 Å². The summed E-state index contributed by atoms with van der Waals surface area (Å²) in [5.74, 6) is 1.59. The van der Waals surface area contributed by atoms with Gasteiger partial charge < -0.3 is 19.6 Å². The van der Waals surface area contributed by atoms with Gasteiger partial charge in [-0.1, -0.05) is 5.16 Å². The van der Waals surface area contributed by atoms with E-state index in [9.17, 15) is 4.79 Å². The third kappa shape index (κ3) is 3.04. The normalized spacial score (nSPS) is 14.1. The topological polar surface area (TPSA) is 87.4 Å². The van der Waals surface area contributed by atoms with E-state index in [-0.39, 0.29) is 5.91 Å². The lowest BCUT2D eigenvalue weighted by Crippen LogP contribution is -2.24. The van der Waals surface area contributed by atoms with E-state index in [0.717, 1.165) is 25.9 Å². The molecule has 0 aromatic carbocycles. The number of aromatic nitrogens is 3. The monoisotopic (exact) mass is 330 g/mol. The Bertz CT molecular complexity index is 730. The Morgan fingerprint density at radius 1 is 1.29 bits per heavy atom. The number of aryl methyl sites for hydroxylation is 2. The number of anilines is 3. The predicted molar refractivity (Wildman–Crippen MR) is 91.7 cm³/mol. The molecular weight excluding hydrogens is 308 g/mol. The number of carbonyl (C=O) groups is 1. The van der Waals surface area contributed by atoms with Crippen LogP contribution in [-0.4, -0.2) is 48.2 Å². The zero-order valence-electron chi connectivity index (χ0n) is 14.5. The first-order valence-corrected chi connectivity index (χ1v) is 8.01. The number of hydrogen-bond acceptors (Lipinski definition) is 7. The fourth-order valence-corrected chi connectivity index (χ4v) is 2.85. The van der Waals surface area contributed by atoms with Crippen LogP contribution in [0.15, 0.2) is 10.7 Å². The second kappa shape index (κ2) is 6.46. The molecular formula is C16H22N6O2. The fraction of sp³-hybridized carbons (Fsp3) is 0.500. The van der Waals surface area contributed by atoms with Crippen molar-refractivity contribution in [1.29, 1.82) is 0 Å². The van der Waals surface area contributed by atoms with Crippen LogP contribution in [0, 0.1) is 13.8 Å². The van der Waals surface area contributed by atoms with Crippen molar-refractivity contribution in [3.05, 3.63) is 23.2 Å². The van der Waals surface area contributed by atoms with Gasteiger partial charge in [0.15, 0.2) is 5.82 Å². The average Bonchev–Trinajstić information content (AvgIpc) is 3.17. The third-order valence-corrected chi connectivity index (χ3v) is 4.08. The summed E-state index contributed by atoms with van der Waals surface area (Å²) >= 11 is 0. The minimum absolute atomic E-state index is 0.271. The van der Waals surface area contributed by atoms with Crippen LogP contribution in [0.1, 0.15) is 34.7 Å². The molecule has 0 saturated carbocycles. The minimum atomic E-state index is -0.271. The van der Waals surface area contributed by atoms with Crippen LogP contribution in [0.4, 0.5) is 17.5 Å². The number of carbonyl (C=O) groups excluding carboxylic acids is 1. The van der Waals surface area contributed by atoms with Gasteiger partial charge in [0.25, 0.3) is 5.91 Å². The predicted octanol–water partition coefficient (Wildman–Crippen LogP) is 2.00. The molecule has 24 heavy (non-hydrogen) atoms. The summed E-state index contributed by atoms with van der Waals surface area (Å²) in [4.78, 5) is 25.6. The first kappa shape index (κ1) is 16.2. The van der Waals surface area contributed by atoms with Gasteiger partial charge in [-0.25, -0.2) is 4.98 Å². The van der Waals surface area contributed by atoms with Crippen LogP contribution in [0.5, 0.6) is 0 Å². The molecule has 1 N–H and O–H groups in total. The van der Waals surface area contributed by atoms with Crippen LogP contribution in [0.3, 0.4) is 0 Å². The summed E-state index contributed by atoms with van der Waals surface area (Å²) < 4.78 is 5.06. The highest BCUT2D eigenvalue weighted by molar-refractivity contribution is 6.06. The molecule has 2 aromatic rings. The van der Waals surface area contributed by atoms with Gasteiger partial charge in [-0.15, -0.1) is 0 Å². The van der Waals surface area contributed by atoms with Gasteiger partial charge in [0.2, 0.25) is 5.95 Å². The summed E-state index contributed by atoms with van der Waals surface area (Å²) in [6.45, 7) is 5.40. The van der Waals surface area contributed by atoms with Crippen molar-refractivity contribution in [2.24, 2.45) is 0 Å². The lowest BCUT2D eigenvalue weighted by molar-refractivity contribution is 0.102. The number of amides is 1. The molecule has 128 valence electrons. The van der Waals surface area contributed by atoms with E-state index in [2.05, 4.69) is 25.3 Å². The first-order valence-electron chi connectivity index (χ1n) is 8.01. The Balaban J connectivity index is 1.88. The van der Waals surface area contributed by atoms with Gasteiger partial charge in [0.1, 0.15) is 17.0 Å². The Hall–Kier alpha value is -2.64. The summed E-state index contributed by atoms with van der Waals surface area (Å²) in [7, 11) is 3.78. The molecule has 0 spiro atoms. The molecule has 3 heterocycles. The standard InChI is InChI=1S/C16H22N6O2/c1-10-13(11(2)24-20-10)15(23)18-12-9-17-16(19-14(12)21(3)4)22-7-5-6-8-22/h9H,5-8H2,1-4H3,(H,18,23). The van der Waals surface area contributed by atoms with Crippen molar-refractivity contribution in [2.75, 3.05) is 42.3 Å². The zero-order chi connectivity index (χ0) is 17.3. The molecule has 1 aliphatic heterocycles. The first-order chi connectivity index (χ1) is 11.5. The van der Waals surface area contributed by atoms with Crippen molar-refractivity contribution < 1.29 is 9.32 Å². The summed E-state index contributed by atoms with van der Waals surface area (Å²) in [5.41, 5.74) is 1.57. The van der Waals surface area contributed by atoms with E-state index in [1.54, 1.807) is 20.0 Å². The Kier molecular flexibility index (Phi) is 4.37. The van der Waals surface area contributed by atoms with E-state index >= 15 is 0 Å². The van der Waals surface area contributed by atoms with Crippen LogP contribution >= 0.6 is 0 Å². The zero-order valence-corrected chi connectivity index (χ0v) is 14.5. The van der Waals surface area contributed by atoms with Crippen molar-refractivity contribution in [3.8, 4) is 0 Å². The van der Waals surface area contributed by atoms with Crippen LogP contribution in [-0.2, 0) is 0 Å². The van der Waals surface area contributed by atoms with Crippen molar-refractivity contribution in [3.63, 3.8) is 0 Å². The van der Waals surface area contributed by atoms with Crippen LogP contribution < -0.4 is 15.1 Å². The van der Waals surface area contributed by atoms with Gasteiger partial charge >= 0.3 is 0 Å². The maximum Gasteiger partial charge on any atom is 0.261 e. The molecule has 2 aromatic heterocycles. The highest BCUT2D eigenvalue weighted by atomic mass is 16.5. The Labute approximate surface area is 140 Å². The molecule has 1 fully saturated rings. The van der Waals surface area contributed by atoms with E-state index in [0.29, 0.717) is 34.5 Å². The molecule has 0 bridgehead atoms. The lowest BCUT2D eigenvalue weighted by atomic mass is 10.2. The van der Waals surface area contributed by atoms with Gasteiger partial charge in [-0.2, -0.15) is 4.98 Å². The van der Waals surface area contributed by atoms with Gasteiger partial charge in [-0.05, 0) is 26.7 Å². The van der Waals surface area contributed by atoms with E-state index in [1.807, 2.05) is 19.0 Å². The average molecular weight is 330 g/mol. The van der Waals surface area contributed by atoms with Crippen LogP contribution in [0.2, 0.25) is 0 Å². The number of rotatable bonds is 4. The molecule has 1 amide bonds. The quantitative estimate of drug-likeness (QED) is 0.917. The minimum Gasteiger partial charge on any atom is -0.361 e. The molecule has 8 heteroatoms.